The molecule has 2 heterocycles. The molecule has 2 N–H and O–H groups in total. The number of rotatable bonds is 3. The van der Waals surface area contributed by atoms with Crippen LogP contribution in [0.3, 0.4) is 0 Å². The lowest BCUT2D eigenvalue weighted by molar-refractivity contribution is 0.385. The summed E-state index contributed by atoms with van der Waals surface area (Å²) in [5.74, 6) is 1.97. The van der Waals surface area contributed by atoms with Gasteiger partial charge in [0.2, 0.25) is 0 Å². The first-order valence-corrected chi connectivity index (χ1v) is 7.07. The monoisotopic (exact) mass is 272 g/mol. The van der Waals surface area contributed by atoms with Gasteiger partial charge in [-0.15, -0.1) is 0 Å². The van der Waals surface area contributed by atoms with Gasteiger partial charge < -0.3 is 15.4 Å². The number of hydrogen-bond acceptors (Lipinski definition) is 5. The van der Waals surface area contributed by atoms with Crippen molar-refractivity contribution < 1.29 is 4.74 Å². The normalized spacial score (nSPS) is 19.3. The van der Waals surface area contributed by atoms with E-state index in [1.807, 2.05) is 24.3 Å². The first kappa shape index (κ1) is 13.1. The second kappa shape index (κ2) is 5.63. The number of piperidine rings is 1. The Bertz CT molecular complexity index is 601. The van der Waals surface area contributed by atoms with Crippen LogP contribution in [0.1, 0.15) is 12.8 Å². The summed E-state index contributed by atoms with van der Waals surface area (Å²) in [6.07, 6.45) is 2.33. The number of nitrogens with two attached hydrogens (primary N) is 1. The number of hydrogen-bond donors (Lipinski definition) is 1. The van der Waals surface area contributed by atoms with Gasteiger partial charge in [0, 0.05) is 13.1 Å². The molecule has 1 aliphatic heterocycles. The second-order valence-corrected chi connectivity index (χ2v) is 5.24. The maximum absolute atomic E-state index is 5.81. The Hall–Kier alpha value is -1.88. The van der Waals surface area contributed by atoms with Gasteiger partial charge in [-0.25, -0.2) is 9.97 Å². The molecule has 1 aromatic heterocycles. The highest BCUT2D eigenvalue weighted by molar-refractivity contribution is 5.77. The van der Waals surface area contributed by atoms with Crippen molar-refractivity contribution in [2.45, 2.75) is 12.8 Å². The molecule has 0 unspecified atom stereocenters. The average molecular weight is 272 g/mol. The van der Waals surface area contributed by atoms with Crippen LogP contribution in [0.25, 0.3) is 11.0 Å². The van der Waals surface area contributed by atoms with E-state index in [-0.39, 0.29) is 0 Å². The molecule has 106 valence electrons. The highest BCUT2D eigenvalue weighted by Crippen LogP contribution is 2.29. The van der Waals surface area contributed by atoms with Crippen LogP contribution in [-0.4, -0.2) is 36.7 Å². The van der Waals surface area contributed by atoms with Crippen molar-refractivity contribution in [1.82, 2.24) is 9.97 Å². The van der Waals surface area contributed by atoms with Crippen molar-refractivity contribution in [3.8, 4) is 5.88 Å². The van der Waals surface area contributed by atoms with E-state index in [0.717, 1.165) is 42.9 Å². The summed E-state index contributed by atoms with van der Waals surface area (Å²) in [6.45, 7) is 2.64. The number of anilines is 1. The van der Waals surface area contributed by atoms with Gasteiger partial charge in [0.1, 0.15) is 0 Å². The number of benzene rings is 1. The van der Waals surface area contributed by atoms with E-state index in [4.69, 9.17) is 15.5 Å². The predicted molar refractivity (Wildman–Crippen MR) is 80.1 cm³/mol. The van der Waals surface area contributed by atoms with E-state index < -0.39 is 0 Å². The van der Waals surface area contributed by atoms with E-state index in [9.17, 15) is 0 Å². The third-order valence-corrected chi connectivity index (χ3v) is 3.87. The molecular weight excluding hydrogens is 252 g/mol. The molecule has 20 heavy (non-hydrogen) atoms. The standard InChI is InChI=1S/C15H20N4O/c1-20-15-14(19-8-4-5-11(9-16)10-19)17-12-6-2-3-7-13(12)18-15/h2-3,6-7,11H,4-5,8-10,16H2,1H3/t11-/m1/s1. The lowest BCUT2D eigenvalue weighted by Crippen LogP contribution is -2.39. The minimum Gasteiger partial charge on any atom is -0.478 e. The Balaban J connectivity index is 2.00. The van der Waals surface area contributed by atoms with Crippen LogP contribution in [0, 0.1) is 5.92 Å². The Morgan fingerprint density at radius 1 is 1.30 bits per heavy atom. The molecule has 1 fully saturated rings. The zero-order chi connectivity index (χ0) is 13.9. The van der Waals surface area contributed by atoms with Crippen LogP contribution >= 0.6 is 0 Å². The van der Waals surface area contributed by atoms with Gasteiger partial charge in [-0.3, -0.25) is 0 Å². The molecule has 0 spiro atoms. The number of para-hydroxylation sites is 2. The molecule has 0 radical (unpaired) electrons. The van der Waals surface area contributed by atoms with Crippen LogP contribution in [-0.2, 0) is 0 Å². The van der Waals surface area contributed by atoms with Crippen molar-refractivity contribution >= 4 is 16.9 Å². The topological polar surface area (TPSA) is 64.3 Å². The fourth-order valence-corrected chi connectivity index (χ4v) is 2.77. The number of aromatic nitrogens is 2. The lowest BCUT2D eigenvalue weighted by Gasteiger charge is -2.33. The minimum absolute atomic E-state index is 0.529. The summed E-state index contributed by atoms with van der Waals surface area (Å²) in [4.78, 5) is 11.5. The van der Waals surface area contributed by atoms with E-state index in [2.05, 4.69) is 9.88 Å². The van der Waals surface area contributed by atoms with Gasteiger partial charge in [0.05, 0.1) is 18.1 Å². The zero-order valence-electron chi connectivity index (χ0n) is 11.7. The summed E-state index contributed by atoms with van der Waals surface area (Å²) in [5, 5.41) is 0. The second-order valence-electron chi connectivity index (χ2n) is 5.24. The zero-order valence-corrected chi connectivity index (χ0v) is 11.7. The Labute approximate surface area is 118 Å². The maximum atomic E-state index is 5.81. The molecule has 1 aromatic carbocycles. The minimum atomic E-state index is 0.529. The largest absolute Gasteiger partial charge is 0.478 e. The number of nitrogens with zero attached hydrogens (tertiary/aromatic N) is 3. The van der Waals surface area contributed by atoms with Crippen molar-refractivity contribution in [3.05, 3.63) is 24.3 Å². The summed E-state index contributed by atoms with van der Waals surface area (Å²) >= 11 is 0. The quantitative estimate of drug-likeness (QED) is 0.923. The van der Waals surface area contributed by atoms with Crippen LogP contribution in [0.2, 0.25) is 0 Å². The highest BCUT2D eigenvalue weighted by Gasteiger charge is 2.23. The van der Waals surface area contributed by atoms with Crippen molar-refractivity contribution in [3.63, 3.8) is 0 Å². The molecule has 5 nitrogen and oxygen atoms in total. The molecule has 0 aliphatic carbocycles. The summed E-state index contributed by atoms with van der Waals surface area (Å²) in [6, 6.07) is 7.87. The highest BCUT2D eigenvalue weighted by atomic mass is 16.5. The van der Waals surface area contributed by atoms with Gasteiger partial charge in [-0.2, -0.15) is 0 Å². The number of ether oxygens (including phenoxy) is 1. The molecule has 2 aromatic rings. The molecule has 3 rings (SSSR count). The molecule has 0 amide bonds. The van der Waals surface area contributed by atoms with Crippen molar-refractivity contribution in [2.75, 3.05) is 31.6 Å². The van der Waals surface area contributed by atoms with Gasteiger partial charge in [0.15, 0.2) is 5.82 Å². The molecular formula is C15H20N4O. The van der Waals surface area contributed by atoms with E-state index >= 15 is 0 Å². The smallest absolute Gasteiger partial charge is 0.257 e. The molecule has 5 heteroatoms. The molecule has 1 atom stereocenters. The van der Waals surface area contributed by atoms with Crippen LogP contribution in [0.15, 0.2) is 24.3 Å². The SMILES string of the molecule is COc1nc2ccccc2nc1N1CCC[C@H](CN)C1. The van der Waals surface area contributed by atoms with Crippen LogP contribution < -0.4 is 15.4 Å². The molecule has 1 aliphatic rings. The molecule has 0 saturated carbocycles. The summed E-state index contributed by atoms with van der Waals surface area (Å²) in [7, 11) is 1.65. The van der Waals surface area contributed by atoms with Gasteiger partial charge in [-0.05, 0) is 37.4 Å². The van der Waals surface area contributed by atoms with E-state index in [1.54, 1.807) is 7.11 Å². The van der Waals surface area contributed by atoms with Gasteiger partial charge in [0.25, 0.3) is 5.88 Å². The predicted octanol–water partition coefficient (Wildman–Crippen LogP) is 1.81. The summed E-state index contributed by atoms with van der Waals surface area (Å²) < 4.78 is 5.43. The van der Waals surface area contributed by atoms with Crippen LogP contribution in [0.5, 0.6) is 5.88 Å². The summed E-state index contributed by atoms with van der Waals surface area (Å²) in [5.41, 5.74) is 7.57. The maximum Gasteiger partial charge on any atom is 0.257 e. The first-order chi connectivity index (χ1) is 9.81. The first-order valence-electron chi connectivity index (χ1n) is 7.07. The van der Waals surface area contributed by atoms with Crippen molar-refractivity contribution in [2.24, 2.45) is 11.7 Å². The van der Waals surface area contributed by atoms with E-state index in [1.165, 1.54) is 6.42 Å². The lowest BCUT2D eigenvalue weighted by atomic mass is 9.98. The Morgan fingerprint density at radius 2 is 2.05 bits per heavy atom. The Kier molecular flexibility index (Phi) is 3.69. The number of fused-ring (bicyclic) bond motifs is 1. The average Bonchev–Trinajstić information content (AvgIpc) is 2.53. The van der Waals surface area contributed by atoms with Gasteiger partial charge in [-0.1, -0.05) is 12.1 Å². The molecule has 1 saturated heterocycles. The number of methoxy groups -OCH3 is 1. The molecule has 0 bridgehead atoms. The third-order valence-electron chi connectivity index (χ3n) is 3.87. The van der Waals surface area contributed by atoms with Gasteiger partial charge >= 0.3 is 0 Å². The van der Waals surface area contributed by atoms with Crippen LogP contribution in [0.4, 0.5) is 5.82 Å². The Morgan fingerprint density at radius 3 is 2.75 bits per heavy atom. The fraction of sp³-hybridized carbons (Fsp3) is 0.467. The third kappa shape index (κ3) is 2.41. The van der Waals surface area contributed by atoms with Crippen molar-refractivity contribution in [1.29, 1.82) is 0 Å². The van der Waals surface area contributed by atoms with E-state index in [0.29, 0.717) is 11.8 Å². The fourth-order valence-electron chi connectivity index (χ4n) is 2.77.